The number of hydrogen-bond donors (Lipinski definition) is 2. The number of hydrogen-bond acceptors (Lipinski definition) is 5. The molecule has 0 unspecified atom stereocenters. The topological polar surface area (TPSA) is 77.0 Å². The minimum atomic E-state index is -0.988. The Kier molecular flexibility index (Phi) is 6.80. The van der Waals surface area contributed by atoms with Crippen molar-refractivity contribution in [1.29, 1.82) is 0 Å². The molecule has 156 valence electrons. The molecule has 0 spiro atoms. The third kappa shape index (κ3) is 5.23. The third-order valence-electron chi connectivity index (χ3n) is 4.63. The van der Waals surface area contributed by atoms with Gasteiger partial charge in [-0.25, -0.2) is 4.79 Å². The predicted octanol–water partition coefficient (Wildman–Crippen LogP) is 4.90. The molecular formula is C24H25NO5. The van der Waals surface area contributed by atoms with Crippen LogP contribution in [-0.2, 0) is 13.2 Å². The Bertz CT molecular complexity index is 1030. The molecule has 0 aromatic heterocycles. The van der Waals surface area contributed by atoms with E-state index in [9.17, 15) is 9.90 Å². The van der Waals surface area contributed by atoms with Gasteiger partial charge in [0, 0.05) is 6.54 Å². The highest BCUT2D eigenvalue weighted by Gasteiger charge is 2.10. The normalized spacial score (nSPS) is 10.4. The van der Waals surface area contributed by atoms with Crippen molar-refractivity contribution in [2.75, 3.05) is 19.5 Å². The van der Waals surface area contributed by atoms with Crippen LogP contribution in [0.25, 0.3) is 0 Å². The SMILES string of the molecule is COc1ccc(C(=O)O)cc1NCc1ccc(OCc2cccc(C)c2)c(OC)c1. The van der Waals surface area contributed by atoms with E-state index in [1.165, 1.54) is 11.6 Å². The summed E-state index contributed by atoms with van der Waals surface area (Å²) >= 11 is 0. The van der Waals surface area contributed by atoms with Crippen LogP contribution in [-0.4, -0.2) is 25.3 Å². The van der Waals surface area contributed by atoms with E-state index >= 15 is 0 Å². The number of carbonyl (C=O) groups is 1. The fourth-order valence-corrected chi connectivity index (χ4v) is 3.08. The van der Waals surface area contributed by atoms with E-state index in [-0.39, 0.29) is 5.56 Å². The molecule has 0 saturated heterocycles. The summed E-state index contributed by atoms with van der Waals surface area (Å²) in [7, 11) is 3.15. The molecule has 0 aliphatic carbocycles. The first-order chi connectivity index (χ1) is 14.5. The number of aryl methyl sites for hydroxylation is 1. The molecule has 0 fully saturated rings. The summed E-state index contributed by atoms with van der Waals surface area (Å²) in [6.07, 6.45) is 0. The summed E-state index contributed by atoms with van der Waals surface area (Å²) < 4.78 is 16.7. The Labute approximate surface area is 176 Å². The molecule has 6 nitrogen and oxygen atoms in total. The van der Waals surface area contributed by atoms with E-state index in [0.29, 0.717) is 36.1 Å². The fourth-order valence-electron chi connectivity index (χ4n) is 3.08. The minimum Gasteiger partial charge on any atom is -0.495 e. The van der Waals surface area contributed by atoms with Crippen molar-refractivity contribution in [3.63, 3.8) is 0 Å². The molecule has 6 heteroatoms. The number of nitrogens with one attached hydrogen (secondary N) is 1. The van der Waals surface area contributed by atoms with Crippen molar-refractivity contribution in [1.82, 2.24) is 0 Å². The van der Waals surface area contributed by atoms with Gasteiger partial charge in [0.1, 0.15) is 12.4 Å². The molecule has 3 aromatic rings. The molecule has 2 N–H and O–H groups in total. The maximum atomic E-state index is 11.2. The maximum Gasteiger partial charge on any atom is 0.335 e. The highest BCUT2D eigenvalue weighted by molar-refractivity contribution is 5.89. The van der Waals surface area contributed by atoms with E-state index in [4.69, 9.17) is 14.2 Å². The van der Waals surface area contributed by atoms with Crippen LogP contribution in [0.2, 0.25) is 0 Å². The van der Waals surface area contributed by atoms with Gasteiger partial charge in [0.15, 0.2) is 11.5 Å². The van der Waals surface area contributed by atoms with Gasteiger partial charge in [-0.1, -0.05) is 35.9 Å². The summed E-state index contributed by atoms with van der Waals surface area (Å²) in [6, 6.07) is 18.6. The molecule has 30 heavy (non-hydrogen) atoms. The molecule has 0 amide bonds. The van der Waals surface area contributed by atoms with Gasteiger partial charge in [0.05, 0.1) is 25.5 Å². The van der Waals surface area contributed by atoms with Crippen LogP contribution < -0.4 is 19.5 Å². The van der Waals surface area contributed by atoms with Crippen LogP contribution in [0.3, 0.4) is 0 Å². The van der Waals surface area contributed by atoms with Crippen LogP contribution >= 0.6 is 0 Å². The van der Waals surface area contributed by atoms with Gasteiger partial charge >= 0.3 is 5.97 Å². The summed E-state index contributed by atoms with van der Waals surface area (Å²) in [5, 5.41) is 12.4. The number of anilines is 1. The van der Waals surface area contributed by atoms with Crippen molar-refractivity contribution in [2.24, 2.45) is 0 Å². The Morgan fingerprint density at radius 2 is 1.67 bits per heavy atom. The number of benzene rings is 3. The number of aromatic carboxylic acids is 1. The maximum absolute atomic E-state index is 11.2. The molecule has 0 bridgehead atoms. The first-order valence-corrected chi connectivity index (χ1v) is 9.50. The molecule has 0 saturated carbocycles. The Morgan fingerprint density at radius 1 is 0.900 bits per heavy atom. The predicted molar refractivity (Wildman–Crippen MR) is 116 cm³/mol. The zero-order valence-electron chi connectivity index (χ0n) is 17.3. The van der Waals surface area contributed by atoms with Gasteiger partial charge < -0.3 is 24.6 Å². The van der Waals surface area contributed by atoms with Crippen molar-refractivity contribution < 1.29 is 24.1 Å². The van der Waals surface area contributed by atoms with Gasteiger partial charge in [0.25, 0.3) is 0 Å². The molecule has 0 aliphatic heterocycles. The summed E-state index contributed by atoms with van der Waals surface area (Å²) in [4.78, 5) is 11.2. The van der Waals surface area contributed by atoms with Crippen molar-refractivity contribution >= 4 is 11.7 Å². The van der Waals surface area contributed by atoms with E-state index in [2.05, 4.69) is 11.4 Å². The van der Waals surface area contributed by atoms with Gasteiger partial charge in [-0.3, -0.25) is 0 Å². The van der Waals surface area contributed by atoms with E-state index < -0.39 is 5.97 Å². The molecule has 0 aliphatic rings. The lowest BCUT2D eigenvalue weighted by Gasteiger charge is -2.15. The Hall–Kier alpha value is -3.67. The largest absolute Gasteiger partial charge is 0.495 e. The molecule has 0 heterocycles. The lowest BCUT2D eigenvalue weighted by Crippen LogP contribution is -2.05. The van der Waals surface area contributed by atoms with Gasteiger partial charge in [-0.05, 0) is 48.4 Å². The fraction of sp³-hybridized carbons (Fsp3) is 0.208. The average Bonchev–Trinajstić information content (AvgIpc) is 2.76. The lowest BCUT2D eigenvalue weighted by molar-refractivity contribution is 0.0697. The Balaban J connectivity index is 1.70. The molecular weight excluding hydrogens is 382 g/mol. The van der Waals surface area contributed by atoms with Crippen LogP contribution in [0.15, 0.2) is 60.7 Å². The number of carboxylic acids is 1. The van der Waals surface area contributed by atoms with E-state index in [1.807, 2.05) is 43.3 Å². The van der Waals surface area contributed by atoms with Crippen LogP contribution in [0, 0.1) is 6.92 Å². The number of ether oxygens (including phenoxy) is 3. The van der Waals surface area contributed by atoms with Crippen LogP contribution in [0.4, 0.5) is 5.69 Å². The Morgan fingerprint density at radius 3 is 2.37 bits per heavy atom. The van der Waals surface area contributed by atoms with Crippen LogP contribution in [0.5, 0.6) is 17.2 Å². The minimum absolute atomic E-state index is 0.191. The van der Waals surface area contributed by atoms with Crippen LogP contribution in [0.1, 0.15) is 27.0 Å². The zero-order valence-corrected chi connectivity index (χ0v) is 17.3. The van der Waals surface area contributed by atoms with Gasteiger partial charge in [-0.2, -0.15) is 0 Å². The van der Waals surface area contributed by atoms with E-state index in [0.717, 1.165) is 11.1 Å². The molecule has 0 atom stereocenters. The van der Waals surface area contributed by atoms with Gasteiger partial charge in [0.2, 0.25) is 0 Å². The van der Waals surface area contributed by atoms with Gasteiger partial charge in [-0.15, -0.1) is 0 Å². The number of rotatable bonds is 9. The van der Waals surface area contributed by atoms with E-state index in [1.54, 1.807) is 26.4 Å². The first kappa shape index (κ1) is 21.0. The summed E-state index contributed by atoms with van der Waals surface area (Å²) in [5.74, 6) is 0.879. The molecule has 3 aromatic carbocycles. The summed E-state index contributed by atoms with van der Waals surface area (Å²) in [6.45, 7) is 2.97. The molecule has 3 rings (SSSR count). The monoisotopic (exact) mass is 407 g/mol. The van der Waals surface area contributed by atoms with Crippen molar-refractivity contribution in [3.8, 4) is 17.2 Å². The third-order valence-corrected chi connectivity index (χ3v) is 4.63. The first-order valence-electron chi connectivity index (χ1n) is 9.50. The highest BCUT2D eigenvalue weighted by Crippen LogP contribution is 2.30. The second-order valence-electron chi connectivity index (χ2n) is 6.84. The standard InChI is InChI=1S/C24H25NO5/c1-16-5-4-6-18(11-16)15-30-22-9-7-17(12-23(22)29-3)14-25-20-13-19(24(26)27)8-10-21(20)28-2/h4-13,25H,14-15H2,1-3H3,(H,26,27). The second-order valence-corrected chi connectivity index (χ2v) is 6.84. The number of carboxylic acid groups (broad SMARTS) is 1. The second kappa shape index (κ2) is 9.69. The van der Waals surface area contributed by atoms with Crippen molar-refractivity contribution in [2.45, 2.75) is 20.1 Å². The van der Waals surface area contributed by atoms with Crippen molar-refractivity contribution in [3.05, 3.63) is 82.9 Å². The molecule has 0 radical (unpaired) electrons. The quantitative estimate of drug-likeness (QED) is 0.525. The highest BCUT2D eigenvalue weighted by atomic mass is 16.5. The number of methoxy groups -OCH3 is 2. The zero-order chi connectivity index (χ0) is 21.5. The lowest BCUT2D eigenvalue weighted by atomic mass is 10.1. The smallest absolute Gasteiger partial charge is 0.335 e. The summed E-state index contributed by atoms with van der Waals surface area (Å²) in [5.41, 5.74) is 4.03. The average molecular weight is 407 g/mol.